The summed E-state index contributed by atoms with van der Waals surface area (Å²) in [5.74, 6) is -0.159. The Balaban J connectivity index is 2.28. The van der Waals surface area contributed by atoms with Crippen LogP contribution in [-0.2, 0) is 16.2 Å². The molecule has 1 aromatic rings. The second-order valence-electron chi connectivity index (χ2n) is 4.47. The summed E-state index contributed by atoms with van der Waals surface area (Å²) in [6.45, 7) is 2.88. The van der Waals surface area contributed by atoms with Crippen LogP contribution in [0.1, 0.15) is 38.2 Å². The molecule has 0 aliphatic carbocycles. The molecule has 110 valence electrons. The molecule has 0 aliphatic heterocycles. The van der Waals surface area contributed by atoms with Crippen molar-refractivity contribution in [1.82, 2.24) is 5.32 Å². The highest BCUT2D eigenvalue weighted by molar-refractivity contribution is 5.82. The molecule has 0 saturated carbocycles. The van der Waals surface area contributed by atoms with E-state index in [0.717, 1.165) is 18.4 Å². The molecule has 2 N–H and O–H groups in total. The number of nitrogens with one attached hydrogen (secondary N) is 1. The Labute approximate surface area is 120 Å². The van der Waals surface area contributed by atoms with E-state index in [1.54, 1.807) is 24.3 Å². The van der Waals surface area contributed by atoms with Crippen molar-refractivity contribution >= 4 is 11.9 Å². The Hall–Kier alpha value is -1.88. The van der Waals surface area contributed by atoms with Crippen molar-refractivity contribution in [2.75, 3.05) is 6.54 Å². The topological polar surface area (TPSA) is 75.6 Å². The van der Waals surface area contributed by atoms with E-state index in [1.165, 1.54) is 0 Å². The summed E-state index contributed by atoms with van der Waals surface area (Å²) in [6, 6.07) is 6.70. The summed E-state index contributed by atoms with van der Waals surface area (Å²) in [4.78, 5) is 23.0. The van der Waals surface area contributed by atoms with Crippen LogP contribution in [0.3, 0.4) is 0 Å². The number of benzene rings is 1. The first-order valence-electron chi connectivity index (χ1n) is 7.21. The lowest BCUT2D eigenvalue weighted by Crippen LogP contribution is -2.25. The highest BCUT2D eigenvalue weighted by Gasteiger charge is 2.08. The van der Waals surface area contributed by atoms with Gasteiger partial charge in [0.1, 0.15) is 5.75 Å². The number of hydrogen-bond acceptors (Lipinski definition) is 4. The van der Waals surface area contributed by atoms with Gasteiger partial charge in [0.15, 0.2) is 0 Å². The Kier molecular flexibility index (Phi) is 6.60. The SMILES string of the molecule is [2H]OCc1ccc(OC(=O)CCC(=O)NCCCC)cc1. The highest BCUT2D eigenvalue weighted by atomic mass is 16.5. The van der Waals surface area contributed by atoms with E-state index >= 15 is 0 Å². The van der Waals surface area contributed by atoms with Crippen LogP contribution < -0.4 is 10.1 Å². The molecule has 0 bridgehead atoms. The molecule has 0 aromatic heterocycles. The summed E-state index contributed by atoms with van der Waals surface area (Å²) in [5.41, 5.74) is 0.820. The van der Waals surface area contributed by atoms with Crippen LogP contribution >= 0.6 is 0 Å². The number of amides is 1. The number of aliphatic hydroxyl groups is 1. The lowest BCUT2D eigenvalue weighted by atomic mass is 10.2. The number of esters is 1. The van der Waals surface area contributed by atoms with Gasteiger partial charge in [-0.1, -0.05) is 25.5 Å². The zero-order valence-electron chi connectivity index (χ0n) is 12.7. The number of carbonyl (C=O) groups is 2. The standard InChI is InChI=1S/C15H21NO4/c1-2-3-10-16-14(18)8-9-15(19)20-13-6-4-12(11-17)5-7-13/h4-7,17H,2-3,8-11H2,1H3,(H,16,18)/i17D. The first-order valence-corrected chi connectivity index (χ1v) is 6.80. The molecule has 5 heteroatoms. The van der Waals surface area contributed by atoms with Gasteiger partial charge in [-0.05, 0) is 24.1 Å². The zero-order chi connectivity index (χ0) is 15.5. The predicted molar refractivity (Wildman–Crippen MR) is 75.2 cm³/mol. The molecule has 1 amide bonds. The van der Waals surface area contributed by atoms with Gasteiger partial charge in [-0.15, -0.1) is 0 Å². The van der Waals surface area contributed by atoms with Crippen molar-refractivity contribution in [2.45, 2.75) is 39.2 Å². The Morgan fingerprint density at radius 3 is 2.70 bits per heavy atom. The van der Waals surface area contributed by atoms with E-state index in [-0.39, 0.29) is 25.4 Å². The van der Waals surface area contributed by atoms with Crippen LogP contribution in [0.25, 0.3) is 0 Å². The average molecular weight is 280 g/mol. The van der Waals surface area contributed by atoms with Crippen LogP contribution in [-0.4, -0.2) is 25.0 Å². The number of hydrogen-bond donors (Lipinski definition) is 2. The molecule has 20 heavy (non-hydrogen) atoms. The summed E-state index contributed by atoms with van der Waals surface area (Å²) < 4.78 is 11.8. The molecule has 1 rings (SSSR count). The molecule has 0 heterocycles. The third-order valence-corrected chi connectivity index (χ3v) is 2.73. The van der Waals surface area contributed by atoms with Gasteiger partial charge in [0.05, 0.1) is 13.0 Å². The fraction of sp³-hybridized carbons (Fsp3) is 0.467. The fourth-order valence-electron chi connectivity index (χ4n) is 1.54. The molecule has 0 atom stereocenters. The minimum atomic E-state index is -0.440. The molecule has 0 spiro atoms. The van der Waals surface area contributed by atoms with Crippen molar-refractivity contribution < 1.29 is 19.4 Å². The molecule has 0 fully saturated rings. The number of aliphatic hydroxyl groups excluding tert-OH is 1. The molecule has 0 radical (unpaired) electrons. The van der Waals surface area contributed by atoms with Gasteiger partial charge in [0.25, 0.3) is 0 Å². The summed E-state index contributed by atoms with van der Waals surface area (Å²) in [6.07, 6.45) is 2.14. The Bertz CT molecular complexity index is 447. The minimum absolute atomic E-state index is 0.0511. The van der Waals surface area contributed by atoms with Crippen LogP contribution in [0.15, 0.2) is 24.3 Å². The van der Waals surface area contributed by atoms with Crippen molar-refractivity contribution in [3.05, 3.63) is 29.8 Å². The first-order chi connectivity index (χ1) is 10.2. The van der Waals surface area contributed by atoms with E-state index in [4.69, 9.17) is 6.17 Å². The van der Waals surface area contributed by atoms with Crippen molar-refractivity contribution in [3.63, 3.8) is 0 Å². The molecule has 0 aliphatic rings. The van der Waals surface area contributed by atoms with Crippen LogP contribution in [0.5, 0.6) is 5.75 Å². The van der Waals surface area contributed by atoms with E-state index < -0.39 is 5.97 Å². The molecule has 5 nitrogen and oxygen atoms in total. The quantitative estimate of drug-likeness (QED) is 0.411. The maximum Gasteiger partial charge on any atom is 0.311 e. The minimum Gasteiger partial charge on any atom is -0.427 e. The number of ether oxygens (including phenoxy) is 1. The average Bonchev–Trinajstić information content (AvgIpc) is 2.48. The highest BCUT2D eigenvalue weighted by Crippen LogP contribution is 2.13. The van der Waals surface area contributed by atoms with Gasteiger partial charge in [-0.25, -0.2) is 0 Å². The van der Waals surface area contributed by atoms with E-state index in [2.05, 4.69) is 10.4 Å². The second kappa shape index (κ2) is 9.09. The van der Waals surface area contributed by atoms with E-state index in [0.29, 0.717) is 12.3 Å². The molecule has 0 saturated heterocycles. The number of unbranched alkanes of at least 4 members (excludes halogenated alkanes) is 1. The Morgan fingerprint density at radius 2 is 2.05 bits per heavy atom. The molecular formula is C15H21NO4. The maximum atomic E-state index is 11.6. The second-order valence-corrected chi connectivity index (χ2v) is 4.47. The molecule has 0 unspecified atom stereocenters. The van der Waals surface area contributed by atoms with Crippen molar-refractivity contribution in [3.8, 4) is 5.75 Å². The summed E-state index contributed by atoms with van der Waals surface area (Å²) in [5, 5.41) is 7.00. The molecular weight excluding hydrogens is 258 g/mol. The Morgan fingerprint density at radius 1 is 1.30 bits per heavy atom. The van der Waals surface area contributed by atoms with Crippen LogP contribution in [0.2, 0.25) is 0 Å². The third-order valence-electron chi connectivity index (χ3n) is 2.73. The van der Waals surface area contributed by atoms with E-state index in [1.807, 2.05) is 6.92 Å². The van der Waals surface area contributed by atoms with Crippen molar-refractivity contribution in [1.29, 1.82) is 1.43 Å². The first kappa shape index (κ1) is 14.5. The largest absolute Gasteiger partial charge is 0.427 e. The predicted octanol–water partition coefficient (Wildman–Crippen LogP) is 1.78. The monoisotopic (exact) mass is 280 g/mol. The van der Waals surface area contributed by atoms with Gasteiger partial charge in [0.2, 0.25) is 7.34 Å². The lowest BCUT2D eigenvalue weighted by Gasteiger charge is -2.06. The molecule has 1 aromatic carbocycles. The third kappa shape index (κ3) is 6.33. The lowest BCUT2D eigenvalue weighted by molar-refractivity contribution is -0.136. The van der Waals surface area contributed by atoms with Gasteiger partial charge < -0.3 is 15.2 Å². The zero-order valence-corrected chi connectivity index (χ0v) is 11.7. The number of rotatable bonds is 9. The number of carbonyl (C=O) groups excluding carboxylic acids is 2. The fourth-order valence-corrected chi connectivity index (χ4v) is 1.54. The van der Waals surface area contributed by atoms with Gasteiger partial charge in [-0.2, -0.15) is 0 Å². The van der Waals surface area contributed by atoms with Crippen LogP contribution in [0.4, 0.5) is 0 Å². The summed E-state index contributed by atoms with van der Waals surface area (Å²) in [7, 11) is 0. The van der Waals surface area contributed by atoms with Gasteiger partial charge >= 0.3 is 5.97 Å². The normalized spacial score (nSPS) is 10.8. The van der Waals surface area contributed by atoms with Crippen molar-refractivity contribution in [2.24, 2.45) is 0 Å². The smallest absolute Gasteiger partial charge is 0.311 e. The maximum absolute atomic E-state index is 11.6. The van der Waals surface area contributed by atoms with Gasteiger partial charge in [0, 0.05) is 13.0 Å². The van der Waals surface area contributed by atoms with Crippen LogP contribution in [0, 0.1) is 0 Å². The van der Waals surface area contributed by atoms with E-state index in [9.17, 15) is 9.59 Å². The van der Waals surface area contributed by atoms with Gasteiger partial charge in [-0.3, -0.25) is 9.59 Å². The summed E-state index contributed by atoms with van der Waals surface area (Å²) >= 11 is 0.